The summed E-state index contributed by atoms with van der Waals surface area (Å²) >= 11 is 0. The van der Waals surface area contributed by atoms with Crippen molar-refractivity contribution in [3.8, 4) is 6.07 Å². The minimum Gasteiger partial charge on any atom is -0.260 e. The van der Waals surface area contributed by atoms with Gasteiger partial charge in [0.05, 0.1) is 16.5 Å². The van der Waals surface area contributed by atoms with Crippen molar-refractivity contribution in [1.29, 1.82) is 5.26 Å². The first-order valence-corrected chi connectivity index (χ1v) is 8.79. The third-order valence-corrected chi connectivity index (χ3v) is 5.51. The normalized spacial score (nSPS) is 14.6. The van der Waals surface area contributed by atoms with Crippen molar-refractivity contribution in [3.05, 3.63) is 29.8 Å². The van der Waals surface area contributed by atoms with Crippen LogP contribution in [0.5, 0.6) is 0 Å². The lowest BCUT2D eigenvalue weighted by molar-refractivity contribution is 0.578. The molecule has 2 unspecified atom stereocenters. The average molecular weight is 300 g/mol. The second kappa shape index (κ2) is 6.80. The van der Waals surface area contributed by atoms with E-state index in [-0.39, 0.29) is 16.7 Å². The summed E-state index contributed by atoms with van der Waals surface area (Å²) in [5, 5.41) is 8.68. The van der Waals surface area contributed by atoms with Gasteiger partial charge in [-0.3, -0.25) is 4.21 Å². The highest BCUT2D eigenvalue weighted by molar-refractivity contribution is 7.89. The zero-order valence-corrected chi connectivity index (χ0v) is 12.4. The molecule has 0 aromatic heterocycles. The molecule has 0 aliphatic carbocycles. The van der Waals surface area contributed by atoms with Gasteiger partial charge in [0, 0.05) is 28.9 Å². The molecule has 0 saturated carbocycles. The first-order chi connectivity index (χ1) is 8.86. The van der Waals surface area contributed by atoms with Crippen LogP contribution in [0.2, 0.25) is 0 Å². The highest BCUT2D eigenvalue weighted by Gasteiger charge is 2.15. The molecular formula is C12H16N2O3S2. The summed E-state index contributed by atoms with van der Waals surface area (Å²) in [5.41, 5.74) is 0.297. The molecule has 1 aromatic rings. The minimum absolute atomic E-state index is 0.0619. The van der Waals surface area contributed by atoms with Crippen molar-refractivity contribution < 1.29 is 12.6 Å². The Kier molecular flexibility index (Phi) is 5.66. The topological polar surface area (TPSA) is 87.0 Å². The van der Waals surface area contributed by atoms with Crippen LogP contribution in [-0.4, -0.2) is 30.7 Å². The maximum atomic E-state index is 12.0. The lowest BCUT2D eigenvalue weighted by Crippen LogP contribution is -2.27. The molecule has 1 rings (SSSR count). The van der Waals surface area contributed by atoms with Gasteiger partial charge < -0.3 is 0 Å². The molecule has 104 valence electrons. The summed E-state index contributed by atoms with van der Waals surface area (Å²) in [6, 6.07) is 7.72. The molecule has 0 radical (unpaired) electrons. The zero-order chi connectivity index (χ0) is 14.5. The summed E-state index contributed by atoms with van der Waals surface area (Å²) in [6.07, 6.45) is 2.09. The van der Waals surface area contributed by atoms with Gasteiger partial charge in [-0.2, -0.15) is 5.26 Å². The third-order valence-electron chi connectivity index (χ3n) is 2.68. The molecule has 0 amide bonds. The van der Waals surface area contributed by atoms with Gasteiger partial charge in [0.25, 0.3) is 0 Å². The van der Waals surface area contributed by atoms with Crippen molar-refractivity contribution in [2.24, 2.45) is 0 Å². The smallest absolute Gasteiger partial charge is 0.240 e. The van der Waals surface area contributed by atoms with Gasteiger partial charge in [0.15, 0.2) is 0 Å². The average Bonchev–Trinajstić information content (AvgIpc) is 2.38. The zero-order valence-electron chi connectivity index (χ0n) is 10.8. The SMILES string of the molecule is CC(CCNS(=O)(=O)c1cccc(C#N)c1)S(C)=O. The van der Waals surface area contributed by atoms with Gasteiger partial charge in [0.1, 0.15) is 0 Å². The van der Waals surface area contributed by atoms with E-state index in [9.17, 15) is 12.6 Å². The molecule has 0 fully saturated rings. The summed E-state index contributed by atoms with van der Waals surface area (Å²) in [5.74, 6) is 0. The Morgan fingerprint density at radius 3 is 2.74 bits per heavy atom. The van der Waals surface area contributed by atoms with Crippen LogP contribution in [0.3, 0.4) is 0 Å². The Bertz CT molecular complexity index is 606. The molecule has 0 bridgehead atoms. The number of nitrogens with zero attached hydrogens (tertiary/aromatic N) is 1. The van der Waals surface area contributed by atoms with Crippen molar-refractivity contribution in [1.82, 2.24) is 4.72 Å². The Morgan fingerprint density at radius 2 is 2.16 bits per heavy atom. The van der Waals surface area contributed by atoms with Crippen molar-refractivity contribution in [2.75, 3.05) is 12.8 Å². The van der Waals surface area contributed by atoms with Gasteiger partial charge in [-0.05, 0) is 24.6 Å². The second-order valence-corrected chi connectivity index (χ2v) is 7.70. The first kappa shape index (κ1) is 15.8. The molecule has 5 nitrogen and oxygen atoms in total. The summed E-state index contributed by atoms with van der Waals surface area (Å²) in [4.78, 5) is 0.0665. The number of benzene rings is 1. The van der Waals surface area contributed by atoms with Gasteiger partial charge >= 0.3 is 0 Å². The van der Waals surface area contributed by atoms with E-state index in [4.69, 9.17) is 5.26 Å². The fourth-order valence-corrected chi connectivity index (χ4v) is 2.92. The van der Waals surface area contributed by atoms with Crippen molar-refractivity contribution in [2.45, 2.75) is 23.5 Å². The Balaban J connectivity index is 2.71. The number of hydrogen-bond donors (Lipinski definition) is 1. The molecule has 2 atom stereocenters. The van der Waals surface area contributed by atoms with Crippen LogP contribution >= 0.6 is 0 Å². The van der Waals surface area contributed by atoms with Gasteiger partial charge in [-0.25, -0.2) is 13.1 Å². The number of rotatable bonds is 6. The van der Waals surface area contributed by atoms with Crippen LogP contribution in [0, 0.1) is 11.3 Å². The van der Waals surface area contributed by atoms with Gasteiger partial charge in [0.2, 0.25) is 10.0 Å². The molecule has 0 heterocycles. The number of nitriles is 1. The van der Waals surface area contributed by atoms with E-state index < -0.39 is 20.8 Å². The molecule has 7 heteroatoms. The molecule has 0 saturated heterocycles. The molecule has 19 heavy (non-hydrogen) atoms. The predicted molar refractivity (Wildman–Crippen MR) is 74.5 cm³/mol. The molecule has 1 aromatic carbocycles. The standard InChI is InChI=1S/C12H16N2O3S2/c1-10(18(2)15)6-7-14-19(16,17)12-5-3-4-11(8-12)9-13/h3-5,8,10,14H,6-7H2,1-2H3. The van der Waals surface area contributed by atoms with E-state index in [1.165, 1.54) is 18.2 Å². The fourth-order valence-electron chi connectivity index (χ4n) is 1.38. The van der Waals surface area contributed by atoms with E-state index in [1.54, 1.807) is 19.2 Å². The number of sulfonamides is 1. The number of nitrogens with one attached hydrogen (secondary N) is 1. The maximum absolute atomic E-state index is 12.0. The quantitative estimate of drug-likeness (QED) is 0.849. The Morgan fingerprint density at radius 1 is 1.47 bits per heavy atom. The van der Waals surface area contributed by atoms with Crippen LogP contribution in [0.15, 0.2) is 29.2 Å². The monoisotopic (exact) mass is 300 g/mol. The van der Waals surface area contributed by atoms with Crippen LogP contribution < -0.4 is 4.72 Å². The van der Waals surface area contributed by atoms with Gasteiger partial charge in [-0.15, -0.1) is 0 Å². The van der Waals surface area contributed by atoms with Crippen LogP contribution in [0.4, 0.5) is 0 Å². The minimum atomic E-state index is -3.61. The van der Waals surface area contributed by atoms with Gasteiger partial charge in [-0.1, -0.05) is 13.0 Å². The van der Waals surface area contributed by atoms with E-state index in [0.717, 1.165) is 0 Å². The molecule has 0 spiro atoms. The summed E-state index contributed by atoms with van der Waals surface area (Å²) in [6.45, 7) is 2.03. The molecule has 1 N–H and O–H groups in total. The highest BCUT2D eigenvalue weighted by Crippen LogP contribution is 2.11. The van der Waals surface area contributed by atoms with Crippen molar-refractivity contribution >= 4 is 20.8 Å². The number of hydrogen-bond acceptors (Lipinski definition) is 4. The molecule has 0 aliphatic heterocycles. The van der Waals surface area contributed by atoms with Crippen molar-refractivity contribution in [3.63, 3.8) is 0 Å². The predicted octanol–water partition coefficient (Wildman–Crippen LogP) is 0.994. The Hall–Kier alpha value is -1.23. The third kappa shape index (κ3) is 4.74. The van der Waals surface area contributed by atoms with E-state index in [2.05, 4.69) is 4.72 Å². The lowest BCUT2D eigenvalue weighted by Gasteiger charge is -2.10. The summed E-state index contributed by atoms with van der Waals surface area (Å²) < 4.78 is 37.5. The lowest BCUT2D eigenvalue weighted by atomic mass is 10.2. The van der Waals surface area contributed by atoms with E-state index >= 15 is 0 Å². The van der Waals surface area contributed by atoms with Crippen LogP contribution in [0.1, 0.15) is 18.9 Å². The van der Waals surface area contributed by atoms with Crippen LogP contribution in [0.25, 0.3) is 0 Å². The molecule has 0 aliphatic rings. The highest BCUT2D eigenvalue weighted by atomic mass is 32.2. The maximum Gasteiger partial charge on any atom is 0.240 e. The largest absolute Gasteiger partial charge is 0.260 e. The second-order valence-electron chi connectivity index (χ2n) is 4.14. The molecular weight excluding hydrogens is 284 g/mol. The first-order valence-electron chi connectivity index (χ1n) is 5.69. The summed E-state index contributed by atoms with van der Waals surface area (Å²) in [7, 11) is -4.58. The van der Waals surface area contributed by atoms with E-state index in [0.29, 0.717) is 12.0 Å². The Labute approximate surface area is 116 Å². The fraction of sp³-hybridized carbons (Fsp3) is 0.417. The van der Waals surface area contributed by atoms with Crippen LogP contribution in [-0.2, 0) is 20.8 Å². The van der Waals surface area contributed by atoms with E-state index in [1.807, 2.05) is 6.07 Å².